The summed E-state index contributed by atoms with van der Waals surface area (Å²) in [7, 11) is 0. The van der Waals surface area contributed by atoms with Crippen LogP contribution in [0, 0.1) is 0 Å². The van der Waals surface area contributed by atoms with Gasteiger partial charge in [0.05, 0.1) is 0 Å². The molecule has 1 unspecified atom stereocenters. The molecule has 4 nitrogen and oxygen atoms in total. The number of para-hydroxylation sites is 1. The van der Waals surface area contributed by atoms with Crippen LogP contribution in [-0.4, -0.2) is 31.6 Å². The van der Waals surface area contributed by atoms with Crippen molar-refractivity contribution in [3.05, 3.63) is 29.8 Å². The van der Waals surface area contributed by atoms with Crippen molar-refractivity contribution in [2.45, 2.75) is 45.7 Å². The Labute approximate surface area is 127 Å². The molecule has 2 rings (SSSR count). The first-order valence-electron chi connectivity index (χ1n) is 7.98. The van der Waals surface area contributed by atoms with Gasteiger partial charge in [-0.3, -0.25) is 4.79 Å². The van der Waals surface area contributed by atoms with E-state index in [4.69, 9.17) is 0 Å². The highest BCUT2D eigenvalue weighted by Gasteiger charge is 2.24. The summed E-state index contributed by atoms with van der Waals surface area (Å²) in [6.07, 6.45) is 1.65. The minimum absolute atomic E-state index is 0.135. The predicted octanol–water partition coefficient (Wildman–Crippen LogP) is 2.46. The molecule has 2 N–H and O–H groups in total. The molecule has 21 heavy (non-hydrogen) atoms. The Morgan fingerprint density at radius 2 is 2.14 bits per heavy atom. The first kappa shape index (κ1) is 15.8. The highest BCUT2D eigenvalue weighted by molar-refractivity contribution is 5.77. The van der Waals surface area contributed by atoms with Crippen LogP contribution in [0.25, 0.3) is 0 Å². The van der Waals surface area contributed by atoms with Crippen LogP contribution in [0.5, 0.6) is 0 Å². The van der Waals surface area contributed by atoms with E-state index in [1.54, 1.807) is 0 Å². The van der Waals surface area contributed by atoms with Gasteiger partial charge in [0.25, 0.3) is 0 Å². The van der Waals surface area contributed by atoms with E-state index in [9.17, 15) is 4.79 Å². The lowest BCUT2D eigenvalue weighted by Crippen LogP contribution is -2.39. The maximum Gasteiger partial charge on any atom is 0.221 e. The van der Waals surface area contributed by atoms with Gasteiger partial charge in [-0.2, -0.15) is 0 Å². The number of amides is 1. The third-order valence-corrected chi connectivity index (χ3v) is 3.85. The first-order valence-corrected chi connectivity index (χ1v) is 7.98. The van der Waals surface area contributed by atoms with Gasteiger partial charge in [0.15, 0.2) is 0 Å². The van der Waals surface area contributed by atoms with E-state index >= 15 is 0 Å². The molecule has 0 aliphatic carbocycles. The van der Waals surface area contributed by atoms with Crippen LogP contribution in [0.1, 0.15) is 45.2 Å². The van der Waals surface area contributed by atoms with Crippen molar-refractivity contribution in [2.24, 2.45) is 0 Å². The lowest BCUT2D eigenvalue weighted by atomic mass is 9.96. The van der Waals surface area contributed by atoms with Crippen molar-refractivity contribution < 1.29 is 4.79 Å². The molecule has 1 aromatic carbocycles. The van der Waals surface area contributed by atoms with Gasteiger partial charge in [-0.1, -0.05) is 25.1 Å². The lowest BCUT2D eigenvalue weighted by Gasteiger charge is -2.36. The molecule has 1 aliphatic heterocycles. The fourth-order valence-electron chi connectivity index (χ4n) is 2.95. The number of fused-ring (bicyclic) bond motifs is 1. The van der Waals surface area contributed by atoms with E-state index < -0.39 is 0 Å². The van der Waals surface area contributed by atoms with Gasteiger partial charge < -0.3 is 15.5 Å². The van der Waals surface area contributed by atoms with Crippen LogP contribution >= 0.6 is 0 Å². The van der Waals surface area contributed by atoms with Gasteiger partial charge in [0.2, 0.25) is 5.91 Å². The van der Waals surface area contributed by atoms with Crippen LogP contribution < -0.4 is 15.5 Å². The molecule has 0 saturated heterocycles. The third kappa shape index (κ3) is 4.21. The molecule has 0 radical (unpaired) electrons. The predicted molar refractivity (Wildman–Crippen MR) is 87.6 cm³/mol. The van der Waals surface area contributed by atoms with Gasteiger partial charge in [-0.15, -0.1) is 0 Å². The van der Waals surface area contributed by atoms with Crippen LogP contribution in [0.2, 0.25) is 0 Å². The molecule has 0 spiro atoms. The Hall–Kier alpha value is -1.55. The van der Waals surface area contributed by atoms with Crippen molar-refractivity contribution in [3.63, 3.8) is 0 Å². The molecular weight excluding hydrogens is 262 g/mol. The van der Waals surface area contributed by atoms with Crippen molar-refractivity contribution in [2.75, 3.05) is 24.5 Å². The van der Waals surface area contributed by atoms with Gasteiger partial charge >= 0.3 is 0 Å². The second-order valence-corrected chi connectivity index (χ2v) is 5.92. The number of anilines is 1. The maximum absolute atomic E-state index is 11.8. The number of benzene rings is 1. The molecule has 1 heterocycles. The van der Waals surface area contributed by atoms with Crippen molar-refractivity contribution >= 4 is 11.6 Å². The van der Waals surface area contributed by atoms with Crippen molar-refractivity contribution in [1.82, 2.24) is 10.6 Å². The summed E-state index contributed by atoms with van der Waals surface area (Å²) in [4.78, 5) is 14.2. The van der Waals surface area contributed by atoms with Crippen LogP contribution in [0.15, 0.2) is 24.3 Å². The van der Waals surface area contributed by atoms with E-state index in [-0.39, 0.29) is 11.9 Å². The minimum atomic E-state index is 0.135. The van der Waals surface area contributed by atoms with Gasteiger partial charge in [0.1, 0.15) is 0 Å². The topological polar surface area (TPSA) is 44.4 Å². The fraction of sp³-hybridized carbons (Fsp3) is 0.588. The first-order chi connectivity index (χ1) is 10.1. The van der Waals surface area contributed by atoms with E-state index in [0.29, 0.717) is 12.5 Å². The average molecular weight is 289 g/mol. The SMILES string of the molecule is CCNC1CCN(CCC(=O)NC(C)C)c2ccccc21. The van der Waals surface area contributed by atoms with Gasteiger partial charge in [0, 0.05) is 37.3 Å². The summed E-state index contributed by atoms with van der Waals surface area (Å²) in [5.41, 5.74) is 2.63. The molecule has 0 bridgehead atoms. The number of nitrogens with zero attached hydrogens (tertiary/aromatic N) is 1. The normalized spacial score (nSPS) is 17.7. The van der Waals surface area contributed by atoms with E-state index in [0.717, 1.165) is 26.1 Å². The van der Waals surface area contributed by atoms with E-state index in [2.05, 4.69) is 46.7 Å². The highest BCUT2D eigenvalue weighted by atomic mass is 16.1. The van der Waals surface area contributed by atoms with Crippen LogP contribution in [-0.2, 0) is 4.79 Å². The largest absolute Gasteiger partial charge is 0.371 e. The Bertz CT molecular complexity index is 473. The Morgan fingerprint density at radius 1 is 1.38 bits per heavy atom. The average Bonchev–Trinajstić information content (AvgIpc) is 2.46. The molecule has 0 saturated carbocycles. The number of hydrogen-bond acceptors (Lipinski definition) is 3. The summed E-state index contributed by atoms with van der Waals surface area (Å²) in [5, 5.41) is 6.50. The second-order valence-electron chi connectivity index (χ2n) is 5.92. The third-order valence-electron chi connectivity index (χ3n) is 3.85. The fourth-order valence-corrected chi connectivity index (χ4v) is 2.95. The zero-order valence-corrected chi connectivity index (χ0v) is 13.4. The molecule has 1 aromatic rings. The molecule has 1 amide bonds. The van der Waals surface area contributed by atoms with E-state index in [1.807, 2.05) is 13.8 Å². The summed E-state index contributed by atoms with van der Waals surface area (Å²) < 4.78 is 0. The van der Waals surface area contributed by atoms with Gasteiger partial charge in [-0.05, 0) is 38.4 Å². The quantitative estimate of drug-likeness (QED) is 0.845. The zero-order chi connectivity index (χ0) is 15.2. The zero-order valence-electron chi connectivity index (χ0n) is 13.4. The monoisotopic (exact) mass is 289 g/mol. The molecule has 116 valence electrons. The molecular formula is C17H27N3O. The number of carbonyl (C=O) groups is 1. The van der Waals surface area contributed by atoms with E-state index in [1.165, 1.54) is 11.3 Å². The minimum Gasteiger partial charge on any atom is -0.371 e. The molecule has 4 heteroatoms. The molecule has 1 aliphatic rings. The van der Waals surface area contributed by atoms with Crippen LogP contribution in [0.3, 0.4) is 0 Å². The number of hydrogen-bond donors (Lipinski definition) is 2. The Morgan fingerprint density at radius 3 is 2.86 bits per heavy atom. The van der Waals surface area contributed by atoms with Crippen molar-refractivity contribution in [1.29, 1.82) is 0 Å². The number of rotatable bonds is 6. The maximum atomic E-state index is 11.8. The summed E-state index contributed by atoms with van der Waals surface area (Å²) in [5.74, 6) is 0.135. The van der Waals surface area contributed by atoms with Gasteiger partial charge in [-0.25, -0.2) is 0 Å². The summed E-state index contributed by atoms with van der Waals surface area (Å²) in [6, 6.07) is 9.19. The standard InChI is InChI=1S/C17H27N3O/c1-4-18-15-9-11-20(12-10-17(21)19-13(2)3)16-8-6-5-7-14(15)16/h5-8,13,15,18H,4,9-12H2,1-3H3,(H,19,21). The summed E-state index contributed by atoms with van der Waals surface area (Å²) in [6.45, 7) is 8.91. The molecule has 0 aromatic heterocycles. The Kier molecular flexibility index (Phi) is 5.62. The molecule has 0 fully saturated rings. The number of carbonyl (C=O) groups excluding carboxylic acids is 1. The summed E-state index contributed by atoms with van der Waals surface area (Å²) >= 11 is 0. The number of nitrogens with one attached hydrogen (secondary N) is 2. The Balaban J connectivity index is 2.02. The molecule has 1 atom stereocenters. The lowest BCUT2D eigenvalue weighted by molar-refractivity contribution is -0.121. The van der Waals surface area contributed by atoms with Crippen molar-refractivity contribution in [3.8, 4) is 0 Å². The van der Waals surface area contributed by atoms with Crippen LogP contribution in [0.4, 0.5) is 5.69 Å². The highest BCUT2D eigenvalue weighted by Crippen LogP contribution is 2.33. The smallest absolute Gasteiger partial charge is 0.221 e. The second kappa shape index (κ2) is 7.46.